The van der Waals surface area contributed by atoms with Crippen molar-refractivity contribution in [1.29, 1.82) is 0 Å². The van der Waals surface area contributed by atoms with Crippen LogP contribution in [0.1, 0.15) is 19.8 Å². The smallest absolute Gasteiger partial charge is 0.379 e. The second-order valence-electron chi connectivity index (χ2n) is 3.77. The number of hydrogen-bond acceptors (Lipinski definition) is 5. The van der Waals surface area contributed by atoms with Gasteiger partial charge in [-0.15, -0.1) is 0 Å². The van der Waals surface area contributed by atoms with Gasteiger partial charge in [0.15, 0.2) is 0 Å². The molecule has 0 spiro atoms. The summed E-state index contributed by atoms with van der Waals surface area (Å²) < 4.78 is 15.2. The molecule has 2 aliphatic rings. The quantitative estimate of drug-likeness (QED) is 0.423. The van der Waals surface area contributed by atoms with Gasteiger partial charge in [-0.3, -0.25) is 0 Å². The molecule has 0 aromatic carbocycles. The second kappa shape index (κ2) is 5.53. The molecule has 5 heteroatoms. The number of carbonyl (C=O) groups is 2. The van der Waals surface area contributed by atoms with E-state index in [4.69, 9.17) is 14.2 Å². The van der Waals surface area contributed by atoms with E-state index < -0.39 is 11.9 Å². The molecule has 0 N–H and O–H groups in total. The van der Waals surface area contributed by atoms with Crippen LogP contribution in [0.4, 0.5) is 0 Å². The average molecular weight is 250 g/mol. The van der Waals surface area contributed by atoms with Gasteiger partial charge in [-0.1, -0.05) is 12.2 Å². The van der Waals surface area contributed by atoms with Gasteiger partial charge < -0.3 is 14.2 Å². The van der Waals surface area contributed by atoms with Gasteiger partial charge in [0.2, 0.25) is 5.76 Å². The third kappa shape index (κ3) is 2.61. The minimum absolute atomic E-state index is 0.204. The minimum Gasteiger partial charge on any atom is -0.486 e. The van der Waals surface area contributed by atoms with Crippen LogP contribution in [0.5, 0.6) is 0 Å². The first-order valence-electron chi connectivity index (χ1n) is 5.84. The van der Waals surface area contributed by atoms with Crippen LogP contribution in [0.25, 0.3) is 0 Å². The largest absolute Gasteiger partial charge is 0.486 e. The molecule has 0 aromatic heterocycles. The molecule has 0 saturated heterocycles. The topological polar surface area (TPSA) is 61.8 Å². The Kier molecular flexibility index (Phi) is 3.82. The second-order valence-corrected chi connectivity index (χ2v) is 3.77. The number of esters is 2. The molecule has 2 heterocycles. The molecule has 0 bridgehead atoms. The molecule has 2 aliphatic heterocycles. The number of cyclic esters (lactones) is 1. The molecule has 0 aliphatic carbocycles. The van der Waals surface area contributed by atoms with Gasteiger partial charge in [-0.05, 0) is 19.8 Å². The van der Waals surface area contributed by atoms with Crippen LogP contribution in [0.15, 0.2) is 35.3 Å². The standard InChI is InChI=1S/C13H14O5/c1-2-16-11(14)8-10-9-6-4-3-5-7-17-12(9)13(15)18-10/h3-4,8H,2,5-7H2,1H3/b4-3-,10-8-. The predicted molar refractivity (Wildman–Crippen MR) is 62.2 cm³/mol. The van der Waals surface area contributed by atoms with Crippen molar-refractivity contribution >= 4 is 11.9 Å². The average Bonchev–Trinajstić information content (AvgIpc) is 2.53. The molecule has 0 aromatic rings. The van der Waals surface area contributed by atoms with Gasteiger partial charge in [-0.25, -0.2) is 9.59 Å². The summed E-state index contributed by atoms with van der Waals surface area (Å²) in [5.41, 5.74) is 0.601. The maximum atomic E-state index is 11.6. The van der Waals surface area contributed by atoms with Gasteiger partial charge in [0, 0.05) is 5.57 Å². The maximum Gasteiger partial charge on any atom is 0.379 e. The number of allylic oxidation sites excluding steroid dienone is 2. The SMILES string of the molecule is CCOC(=O)/C=C1\OC(=O)C2=C1C/C=C\CCO2. The summed E-state index contributed by atoms with van der Waals surface area (Å²) in [4.78, 5) is 23.0. The van der Waals surface area contributed by atoms with Gasteiger partial charge in [0.05, 0.1) is 19.3 Å². The van der Waals surface area contributed by atoms with Crippen molar-refractivity contribution in [3.63, 3.8) is 0 Å². The normalized spacial score (nSPS) is 22.7. The summed E-state index contributed by atoms with van der Waals surface area (Å²) in [6.07, 6.45) is 6.34. The highest BCUT2D eigenvalue weighted by molar-refractivity contribution is 5.94. The first-order chi connectivity index (χ1) is 8.72. The van der Waals surface area contributed by atoms with E-state index >= 15 is 0 Å². The lowest BCUT2D eigenvalue weighted by molar-refractivity contribution is -0.138. The highest BCUT2D eigenvalue weighted by Crippen LogP contribution is 2.31. The van der Waals surface area contributed by atoms with Crippen molar-refractivity contribution in [3.8, 4) is 0 Å². The van der Waals surface area contributed by atoms with E-state index in [0.29, 0.717) is 18.6 Å². The molecule has 0 fully saturated rings. The molecule has 18 heavy (non-hydrogen) atoms. The van der Waals surface area contributed by atoms with Crippen LogP contribution in [0, 0.1) is 0 Å². The molecule has 0 radical (unpaired) electrons. The van der Waals surface area contributed by atoms with Gasteiger partial charge in [-0.2, -0.15) is 0 Å². The van der Waals surface area contributed by atoms with Crippen molar-refractivity contribution in [2.75, 3.05) is 13.2 Å². The third-order valence-electron chi connectivity index (χ3n) is 2.51. The third-order valence-corrected chi connectivity index (χ3v) is 2.51. The first-order valence-corrected chi connectivity index (χ1v) is 5.84. The Morgan fingerprint density at radius 1 is 1.50 bits per heavy atom. The van der Waals surface area contributed by atoms with E-state index in [2.05, 4.69) is 0 Å². The van der Waals surface area contributed by atoms with Crippen molar-refractivity contribution in [3.05, 3.63) is 35.3 Å². The summed E-state index contributed by atoms with van der Waals surface area (Å²) in [6.45, 7) is 2.42. The van der Waals surface area contributed by atoms with E-state index in [0.717, 1.165) is 6.42 Å². The molecule has 0 amide bonds. The zero-order valence-electron chi connectivity index (χ0n) is 10.1. The summed E-state index contributed by atoms with van der Waals surface area (Å²) in [6, 6.07) is 0. The highest BCUT2D eigenvalue weighted by atomic mass is 16.6. The molecular formula is C13H14O5. The Bertz CT molecular complexity index is 456. The van der Waals surface area contributed by atoms with Crippen LogP contribution in [0.2, 0.25) is 0 Å². The van der Waals surface area contributed by atoms with Crippen LogP contribution in [0.3, 0.4) is 0 Å². The Hall–Kier alpha value is -2.04. The van der Waals surface area contributed by atoms with Gasteiger partial charge in [0.1, 0.15) is 5.76 Å². The fourth-order valence-corrected chi connectivity index (χ4v) is 1.74. The van der Waals surface area contributed by atoms with Crippen molar-refractivity contribution < 1.29 is 23.8 Å². The zero-order valence-corrected chi connectivity index (χ0v) is 10.1. The Labute approximate surface area is 105 Å². The number of hydrogen-bond donors (Lipinski definition) is 0. The molecule has 2 rings (SSSR count). The fourth-order valence-electron chi connectivity index (χ4n) is 1.74. The highest BCUT2D eigenvalue weighted by Gasteiger charge is 2.32. The lowest BCUT2D eigenvalue weighted by atomic mass is 10.1. The van der Waals surface area contributed by atoms with Crippen molar-refractivity contribution in [2.45, 2.75) is 19.8 Å². The summed E-state index contributed by atoms with van der Waals surface area (Å²) in [5.74, 6) is -0.647. The molecule has 96 valence electrons. The predicted octanol–water partition coefficient (Wildman–Crippen LogP) is 1.61. The molecule has 0 atom stereocenters. The number of carbonyl (C=O) groups excluding carboxylic acids is 2. The molecule has 0 saturated carbocycles. The number of rotatable bonds is 2. The van der Waals surface area contributed by atoms with E-state index in [1.807, 2.05) is 12.2 Å². The zero-order chi connectivity index (χ0) is 13.0. The van der Waals surface area contributed by atoms with Crippen LogP contribution >= 0.6 is 0 Å². The van der Waals surface area contributed by atoms with Crippen molar-refractivity contribution in [1.82, 2.24) is 0 Å². The Morgan fingerprint density at radius 3 is 3.11 bits per heavy atom. The monoisotopic (exact) mass is 250 g/mol. The number of ether oxygens (including phenoxy) is 3. The molecule has 0 unspecified atom stereocenters. The molecule has 5 nitrogen and oxygen atoms in total. The Balaban J connectivity index is 2.25. The minimum atomic E-state index is -0.546. The summed E-state index contributed by atoms with van der Waals surface area (Å²) in [5, 5.41) is 0. The van der Waals surface area contributed by atoms with Crippen molar-refractivity contribution in [2.24, 2.45) is 0 Å². The Morgan fingerprint density at radius 2 is 2.33 bits per heavy atom. The lowest BCUT2D eigenvalue weighted by Crippen LogP contribution is -2.05. The molecular weight excluding hydrogens is 236 g/mol. The van der Waals surface area contributed by atoms with E-state index in [1.165, 1.54) is 6.08 Å². The summed E-state index contributed by atoms with van der Waals surface area (Å²) in [7, 11) is 0. The van der Waals surface area contributed by atoms with E-state index in [1.54, 1.807) is 6.92 Å². The van der Waals surface area contributed by atoms with E-state index in [9.17, 15) is 9.59 Å². The first kappa shape index (κ1) is 12.4. The van der Waals surface area contributed by atoms with Gasteiger partial charge in [0.25, 0.3) is 0 Å². The fraction of sp³-hybridized carbons (Fsp3) is 0.385. The van der Waals surface area contributed by atoms with Crippen LogP contribution < -0.4 is 0 Å². The lowest BCUT2D eigenvalue weighted by Gasteiger charge is -2.06. The van der Waals surface area contributed by atoms with Crippen LogP contribution in [-0.4, -0.2) is 25.2 Å². The van der Waals surface area contributed by atoms with Crippen LogP contribution in [-0.2, 0) is 23.8 Å². The summed E-state index contributed by atoms with van der Waals surface area (Å²) >= 11 is 0. The maximum absolute atomic E-state index is 11.6. The van der Waals surface area contributed by atoms with E-state index in [-0.39, 0.29) is 18.1 Å². The van der Waals surface area contributed by atoms with Gasteiger partial charge >= 0.3 is 11.9 Å².